The molecule has 0 unspecified atom stereocenters. The summed E-state index contributed by atoms with van der Waals surface area (Å²) in [6.45, 7) is 0.303. The molecule has 0 spiro atoms. The topological polar surface area (TPSA) is 84.5 Å². The van der Waals surface area contributed by atoms with E-state index in [1.54, 1.807) is 0 Å². The van der Waals surface area contributed by atoms with Crippen LogP contribution < -0.4 is 10.6 Å². The standard InChI is InChI=1S/C15H19BrN2O4/c1-22-15(21)10-18-14(20)7-3-6-13(19)17-9-11-4-2-5-12(16)8-11/h2,4-5,8H,3,6-7,9-10H2,1H3,(H,17,19)(H,18,20). The van der Waals surface area contributed by atoms with Crippen LogP contribution in [0.1, 0.15) is 24.8 Å². The quantitative estimate of drug-likeness (QED) is 0.679. The lowest BCUT2D eigenvalue weighted by molar-refractivity contribution is -0.141. The van der Waals surface area contributed by atoms with Crippen LogP contribution in [0.5, 0.6) is 0 Å². The number of amides is 2. The Hall–Kier alpha value is -1.89. The summed E-state index contributed by atoms with van der Waals surface area (Å²) in [5.74, 6) is -0.883. The van der Waals surface area contributed by atoms with Gasteiger partial charge in [0.25, 0.3) is 0 Å². The zero-order valence-corrected chi connectivity index (χ0v) is 13.9. The second kappa shape index (κ2) is 9.94. The van der Waals surface area contributed by atoms with Crippen molar-refractivity contribution in [1.82, 2.24) is 10.6 Å². The third-order valence-corrected chi connectivity index (χ3v) is 3.34. The molecule has 0 fully saturated rings. The van der Waals surface area contributed by atoms with Gasteiger partial charge in [0, 0.05) is 23.9 Å². The van der Waals surface area contributed by atoms with E-state index in [1.165, 1.54) is 7.11 Å². The predicted molar refractivity (Wildman–Crippen MR) is 84.9 cm³/mol. The molecule has 0 aromatic heterocycles. The summed E-state index contributed by atoms with van der Waals surface area (Å²) in [7, 11) is 1.25. The fourth-order valence-corrected chi connectivity index (χ4v) is 2.12. The first kappa shape index (κ1) is 18.2. The lowest BCUT2D eigenvalue weighted by Gasteiger charge is -2.06. The van der Waals surface area contributed by atoms with Crippen molar-refractivity contribution < 1.29 is 19.1 Å². The summed E-state index contributed by atoms with van der Waals surface area (Å²) in [6.07, 6.45) is 0.887. The molecule has 22 heavy (non-hydrogen) atoms. The monoisotopic (exact) mass is 370 g/mol. The van der Waals surface area contributed by atoms with Gasteiger partial charge in [-0.15, -0.1) is 0 Å². The fraction of sp³-hybridized carbons (Fsp3) is 0.400. The number of hydrogen-bond acceptors (Lipinski definition) is 4. The number of hydrogen-bond donors (Lipinski definition) is 2. The minimum absolute atomic E-state index is 0.110. The average molecular weight is 371 g/mol. The molecule has 0 aliphatic rings. The van der Waals surface area contributed by atoms with Crippen molar-refractivity contribution in [2.45, 2.75) is 25.8 Å². The van der Waals surface area contributed by atoms with E-state index >= 15 is 0 Å². The van der Waals surface area contributed by atoms with Crippen LogP contribution in [0.25, 0.3) is 0 Å². The number of esters is 1. The maximum atomic E-state index is 11.7. The smallest absolute Gasteiger partial charge is 0.325 e. The lowest BCUT2D eigenvalue weighted by atomic mass is 10.2. The lowest BCUT2D eigenvalue weighted by Crippen LogP contribution is -2.30. The van der Waals surface area contributed by atoms with Crippen LogP contribution in [0, 0.1) is 0 Å². The van der Waals surface area contributed by atoms with Gasteiger partial charge >= 0.3 is 5.97 Å². The number of rotatable bonds is 8. The normalized spacial score (nSPS) is 9.91. The Morgan fingerprint density at radius 3 is 2.45 bits per heavy atom. The molecule has 7 heteroatoms. The Kier molecular flexibility index (Phi) is 8.21. The molecule has 0 aliphatic carbocycles. The van der Waals surface area contributed by atoms with Gasteiger partial charge in [0.15, 0.2) is 0 Å². The zero-order valence-electron chi connectivity index (χ0n) is 12.4. The number of methoxy groups -OCH3 is 1. The van der Waals surface area contributed by atoms with Gasteiger partial charge in [0.05, 0.1) is 7.11 Å². The van der Waals surface area contributed by atoms with Gasteiger partial charge in [-0.05, 0) is 24.1 Å². The van der Waals surface area contributed by atoms with Crippen molar-refractivity contribution in [3.05, 3.63) is 34.3 Å². The molecular weight excluding hydrogens is 352 g/mol. The zero-order chi connectivity index (χ0) is 16.4. The molecular formula is C15H19BrN2O4. The summed E-state index contributed by atoms with van der Waals surface area (Å²) < 4.78 is 5.36. The summed E-state index contributed by atoms with van der Waals surface area (Å²) in [5.41, 5.74) is 0.999. The molecule has 2 N–H and O–H groups in total. The van der Waals surface area contributed by atoms with Gasteiger partial charge in [-0.1, -0.05) is 28.1 Å². The van der Waals surface area contributed by atoms with E-state index in [9.17, 15) is 14.4 Å². The minimum Gasteiger partial charge on any atom is -0.468 e. The number of ether oxygens (including phenoxy) is 1. The van der Waals surface area contributed by atoms with E-state index in [4.69, 9.17) is 0 Å². The average Bonchev–Trinajstić information content (AvgIpc) is 2.50. The molecule has 0 radical (unpaired) electrons. The van der Waals surface area contributed by atoms with Crippen LogP contribution in [-0.4, -0.2) is 31.4 Å². The Bertz CT molecular complexity index is 534. The van der Waals surface area contributed by atoms with Gasteiger partial charge < -0.3 is 15.4 Å². The van der Waals surface area contributed by atoms with Gasteiger partial charge in [-0.3, -0.25) is 14.4 Å². The highest BCUT2D eigenvalue weighted by Crippen LogP contribution is 2.11. The van der Waals surface area contributed by atoms with Gasteiger partial charge in [-0.2, -0.15) is 0 Å². The molecule has 0 atom stereocenters. The first-order valence-electron chi connectivity index (χ1n) is 6.86. The van der Waals surface area contributed by atoms with Gasteiger partial charge in [0.1, 0.15) is 6.54 Å². The summed E-state index contributed by atoms with van der Waals surface area (Å²) in [6, 6.07) is 7.67. The third kappa shape index (κ3) is 7.78. The largest absolute Gasteiger partial charge is 0.468 e. The van der Waals surface area contributed by atoms with E-state index in [-0.39, 0.29) is 31.2 Å². The van der Waals surface area contributed by atoms with Crippen LogP contribution in [0.4, 0.5) is 0 Å². The van der Waals surface area contributed by atoms with Crippen molar-refractivity contribution in [1.29, 1.82) is 0 Å². The summed E-state index contributed by atoms with van der Waals surface area (Å²) >= 11 is 3.37. The molecule has 1 aromatic rings. The molecule has 1 aromatic carbocycles. The summed E-state index contributed by atoms with van der Waals surface area (Å²) in [4.78, 5) is 33.9. The summed E-state index contributed by atoms with van der Waals surface area (Å²) in [5, 5.41) is 5.21. The van der Waals surface area contributed by atoms with Crippen LogP contribution in [0.2, 0.25) is 0 Å². The third-order valence-electron chi connectivity index (χ3n) is 2.84. The molecule has 1 rings (SSSR count). The SMILES string of the molecule is COC(=O)CNC(=O)CCCC(=O)NCc1cccc(Br)c1. The highest BCUT2D eigenvalue weighted by molar-refractivity contribution is 9.10. The molecule has 0 bridgehead atoms. The van der Waals surface area contributed by atoms with E-state index in [2.05, 4.69) is 31.3 Å². The fourth-order valence-electron chi connectivity index (χ4n) is 1.68. The van der Waals surface area contributed by atoms with E-state index in [0.29, 0.717) is 13.0 Å². The van der Waals surface area contributed by atoms with E-state index in [1.807, 2.05) is 24.3 Å². The Balaban J connectivity index is 2.15. The maximum absolute atomic E-state index is 11.7. The van der Waals surface area contributed by atoms with E-state index < -0.39 is 5.97 Å². The molecule has 120 valence electrons. The second-order valence-corrected chi connectivity index (χ2v) is 5.53. The van der Waals surface area contributed by atoms with Crippen molar-refractivity contribution in [3.63, 3.8) is 0 Å². The minimum atomic E-state index is -0.500. The number of halogens is 1. The first-order valence-corrected chi connectivity index (χ1v) is 7.65. The number of nitrogens with one attached hydrogen (secondary N) is 2. The Morgan fingerprint density at radius 1 is 1.14 bits per heavy atom. The first-order chi connectivity index (χ1) is 10.5. The highest BCUT2D eigenvalue weighted by Gasteiger charge is 2.07. The van der Waals surface area contributed by atoms with Crippen molar-refractivity contribution in [3.8, 4) is 0 Å². The van der Waals surface area contributed by atoms with Crippen LogP contribution in [0.15, 0.2) is 28.7 Å². The molecule has 0 saturated heterocycles. The number of carbonyl (C=O) groups excluding carboxylic acids is 3. The van der Waals surface area contributed by atoms with Crippen LogP contribution >= 0.6 is 15.9 Å². The van der Waals surface area contributed by atoms with E-state index in [0.717, 1.165) is 10.0 Å². The molecule has 0 heterocycles. The molecule has 0 aliphatic heterocycles. The second-order valence-electron chi connectivity index (χ2n) is 4.61. The Morgan fingerprint density at radius 2 is 1.82 bits per heavy atom. The van der Waals surface area contributed by atoms with Crippen LogP contribution in [-0.2, 0) is 25.7 Å². The molecule has 2 amide bonds. The Labute approximate surface area is 137 Å². The van der Waals surface area contributed by atoms with Gasteiger partial charge in [-0.25, -0.2) is 0 Å². The van der Waals surface area contributed by atoms with Crippen molar-refractivity contribution in [2.75, 3.05) is 13.7 Å². The predicted octanol–water partition coefficient (Wildman–Crippen LogP) is 1.52. The molecule has 0 saturated carbocycles. The van der Waals surface area contributed by atoms with Crippen molar-refractivity contribution >= 4 is 33.7 Å². The number of carbonyl (C=O) groups is 3. The van der Waals surface area contributed by atoms with Crippen molar-refractivity contribution in [2.24, 2.45) is 0 Å². The van der Waals surface area contributed by atoms with Crippen LogP contribution in [0.3, 0.4) is 0 Å². The maximum Gasteiger partial charge on any atom is 0.325 e. The van der Waals surface area contributed by atoms with Gasteiger partial charge in [0.2, 0.25) is 11.8 Å². The highest BCUT2D eigenvalue weighted by atomic mass is 79.9. The number of benzene rings is 1. The molecule has 6 nitrogen and oxygen atoms in total.